The Kier molecular flexibility index (Phi) is 4.75. The van der Waals surface area contributed by atoms with Crippen LogP contribution in [0.15, 0.2) is 24.4 Å². The largest absolute Gasteiger partial charge is 0.383 e. The minimum Gasteiger partial charge on any atom is -0.383 e. The molecule has 0 aliphatic heterocycles. The van der Waals surface area contributed by atoms with Gasteiger partial charge in [-0.15, -0.1) is 0 Å². The molecule has 0 bridgehead atoms. The van der Waals surface area contributed by atoms with Crippen LogP contribution in [0.1, 0.15) is 22.9 Å². The van der Waals surface area contributed by atoms with Gasteiger partial charge in [0.05, 0.1) is 30.1 Å². The number of aliphatic hydroxyl groups is 1. The Hall–Kier alpha value is -1.43. The van der Waals surface area contributed by atoms with Crippen LogP contribution in [0.25, 0.3) is 0 Å². The summed E-state index contributed by atoms with van der Waals surface area (Å²) < 4.78 is 20.1. The van der Waals surface area contributed by atoms with E-state index in [2.05, 4.69) is 5.10 Å². The van der Waals surface area contributed by atoms with Crippen LogP contribution < -0.4 is 0 Å². The molecule has 1 aromatic carbocycles. The van der Waals surface area contributed by atoms with E-state index in [1.807, 2.05) is 0 Å². The van der Waals surface area contributed by atoms with Gasteiger partial charge in [-0.2, -0.15) is 5.10 Å². The van der Waals surface area contributed by atoms with Crippen molar-refractivity contribution in [3.63, 3.8) is 0 Å². The molecule has 6 heteroatoms. The third-order valence-electron chi connectivity index (χ3n) is 3.11. The zero-order valence-electron chi connectivity index (χ0n) is 11.3. The van der Waals surface area contributed by atoms with E-state index in [9.17, 15) is 9.50 Å². The van der Waals surface area contributed by atoms with Crippen molar-refractivity contribution in [3.8, 4) is 0 Å². The summed E-state index contributed by atoms with van der Waals surface area (Å²) in [6, 6.07) is 4.61. The zero-order chi connectivity index (χ0) is 14.7. The maximum absolute atomic E-state index is 13.6. The van der Waals surface area contributed by atoms with Gasteiger partial charge in [-0.1, -0.05) is 23.7 Å². The third-order valence-corrected chi connectivity index (χ3v) is 3.40. The molecule has 1 atom stereocenters. The van der Waals surface area contributed by atoms with E-state index in [0.29, 0.717) is 35.0 Å². The molecule has 4 nitrogen and oxygen atoms in total. The van der Waals surface area contributed by atoms with Gasteiger partial charge in [-0.05, 0) is 24.1 Å². The van der Waals surface area contributed by atoms with Crippen LogP contribution in [0.4, 0.5) is 4.39 Å². The molecule has 1 N–H and O–H groups in total. The van der Waals surface area contributed by atoms with Crippen LogP contribution in [0.2, 0.25) is 5.02 Å². The lowest BCUT2D eigenvalue weighted by atomic mass is 10.0. The summed E-state index contributed by atoms with van der Waals surface area (Å²) in [6.45, 7) is 2.57. The molecule has 0 amide bonds. The molecule has 108 valence electrons. The fourth-order valence-corrected chi connectivity index (χ4v) is 2.18. The van der Waals surface area contributed by atoms with Crippen LogP contribution >= 0.6 is 11.6 Å². The van der Waals surface area contributed by atoms with E-state index >= 15 is 0 Å². The molecule has 0 aliphatic carbocycles. The fraction of sp³-hybridized carbons (Fsp3) is 0.357. The number of aromatic nitrogens is 2. The van der Waals surface area contributed by atoms with Crippen molar-refractivity contribution < 1.29 is 14.2 Å². The average Bonchev–Trinajstić information content (AvgIpc) is 2.80. The Bertz CT molecular complexity index is 601. The minimum absolute atomic E-state index is 0.342. The van der Waals surface area contributed by atoms with E-state index in [0.717, 1.165) is 0 Å². The van der Waals surface area contributed by atoms with Gasteiger partial charge in [-0.25, -0.2) is 4.39 Å². The smallest absolute Gasteiger partial charge is 0.126 e. The van der Waals surface area contributed by atoms with Gasteiger partial charge in [0.1, 0.15) is 11.9 Å². The zero-order valence-corrected chi connectivity index (χ0v) is 12.1. The van der Waals surface area contributed by atoms with Crippen LogP contribution in [0, 0.1) is 12.7 Å². The summed E-state index contributed by atoms with van der Waals surface area (Å²) >= 11 is 6.06. The molecule has 0 radical (unpaired) electrons. The van der Waals surface area contributed by atoms with Crippen LogP contribution in [-0.4, -0.2) is 28.6 Å². The first-order valence-electron chi connectivity index (χ1n) is 6.19. The number of aliphatic hydroxyl groups excluding tert-OH is 1. The summed E-state index contributed by atoms with van der Waals surface area (Å²) in [7, 11) is 1.58. The topological polar surface area (TPSA) is 47.3 Å². The molecule has 0 fully saturated rings. The Morgan fingerprint density at radius 3 is 2.90 bits per heavy atom. The van der Waals surface area contributed by atoms with Crippen molar-refractivity contribution in [1.82, 2.24) is 9.78 Å². The van der Waals surface area contributed by atoms with Crippen molar-refractivity contribution in [2.75, 3.05) is 13.7 Å². The van der Waals surface area contributed by atoms with Gasteiger partial charge in [-0.3, -0.25) is 4.68 Å². The van der Waals surface area contributed by atoms with Gasteiger partial charge >= 0.3 is 0 Å². The SMILES string of the molecule is COCCn1ncc(Cl)c1C(O)c1ccc(C)c(F)c1. The molecule has 0 saturated carbocycles. The highest BCUT2D eigenvalue weighted by Crippen LogP contribution is 2.29. The van der Waals surface area contributed by atoms with Gasteiger partial charge in [0.15, 0.2) is 0 Å². The highest BCUT2D eigenvalue weighted by atomic mass is 35.5. The molecule has 0 aliphatic rings. The number of methoxy groups -OCH3 is 1. The lowest BCUT2D eigenvalue weighted by molar-refractivity contribution is 0.171. The summed E-state index contributed by atoms with van der Waals surface area (Å²) in [6.07, 6.45) is 0.428. The Balaban J connectivity index is 2.34. The van der Waals surface area contributed by atoms with Crippen molar-refractivity contribution in [2.24, 2.45) is 0 Å². The maximum atomic E-state index is 13.6. The summed E-state index contributed by atoms with van der Waals surface area (Å²) in [5, 5.41) is 14.8. The predicted molar refractivity (Wildman–Crippen MR) is 74.3 cm³/mol. The Labute approximate surface area is 121 Å². The molecule has 0 spiro atoms. The van der Waals surface area contributed by atoms with Crippen LogP contribution in [-0.2, 0) is 11.3 Å². The second-order valence-electron chi connectivity index (χ2n) is 4.50. The fourth-order valence-electron chi connectivity index (χ4n) is 1.94. The van der Waals surface area contributed by atoms with Crippen LogP contribution in [0.3, 0.4) is 0 Å². The van der Waals surface area contributed by atoms with Gasteiger partial charge in [0, 0.05) is 7.11 Å². The lowest BCUT2D eigenvalue weighted by Crippen LogP contribution is -2.13. The highest BCUT2D eigenvalue weighted by Gasteiger charge is 2.20. The van der Waals surface area contributed by atoms with E-state index in [-0.39, 0.29) is 5.82 Å². The van der Waals surface area contributed by atoms with Gasteiger partial charge in [0.2, 0.25) is 0 Å². The summed E-state index contributed by atoms with van der Waals surface area (Å²) in [5.74, 6) is -0.361. The normalized spacial score (nSPS) is 12.7. The standard InChI is InChI=1S/C14H16ClFN2O2/c1-9-3-4-10(7-12(9)16)14(19)13-11(15)8-17-18(13)5-6-20-2/h3-4,7-8,14,19H,5-6H2,1-2H3. The number of halogens is 2. The number of benzene rings is 1. The molecule has 1 aromatic heterocycles. The van der Waals surface area contributed by atoms with Crippen molar-refractivity contribution in [3.05, 3.63) is 52.1 Å². The summed E-state index contributed by atoms with van der Waals surface area (Å²) in [5.41, 5.74) is 1.40. The van der Waals surface area contributed by atoms with Crippen molar-refractivity contribution in [1.29, 1.82) is 0 Å². The quantitative estimate of drug-likeness (QED) is 0.923. The predicted octanol–water partition coefficient (Wildman–Crippen LogP) is 2.71. The number of ether oxygens (including phenoxy) is 1. The molecule has 1 heterocycles. The number of hydrogen-bond donors (Lipinski definition) is 1. The second-order valence-corrected chi connectivity index (χ2v) is 4.91. The Morgan fingerprint density at radius 2 is 2.25 bits per heavy atom. The minimum atomic E-state index is -1.03. The van der Waals surface area contributed by atoms with Crippen molar-refractivity contribution in [2.45, 2.75) is 19.6 Å². The molecule has 2 rings (SSSR count). The van der Waals surface area contributed by atoms with E-state index in [1.54, 1.807) is 30.8 Å². The molecule has 2 aromatic rings. The molecular weight excluding hydrogens is 283 g/mol. The van der Waals surface area contributed by atoms with Crippen molar-refractivity contribution >= 4 is 11.6 Å². The molecule has 20 heavy (non-hydrogen) atoms. The Morgan fingerprint density at radius 1 is 1.50 bits per heavy atom. The average molecular weight is 299 g/mol. The van der Waals surface area contributed by atoms with E-state index in [4.69, 9.17) is 16.3 Å². The molecule has 1 unspecified atom stereocenters. The number of rotatable bonds is 5. The van der Waals surface area contributed by atoms with Crippen LogP contribution in [0.5, 0.6) is 0 Å². The summed E-state index contributed by atoms with van der Waals surface area (Å²) in [4.78, 5) is 0. The first-order valence-corrected chi connectivity index (χ1v) is 6.56. The van der Waals surface area contributed by atoms with E-state index in [1.165, 1.54) is 12.3 Å². The maximum Gasteiger partial charge on any atom is 0.126 e. The second kappa shape index (κ2) is 6.35. The first-order chi connectivity index (χ1) is 9.54. The first kappa shape index (κ1) is 15.0. The monoisotopic (exact) mass is 298 g/mol. The third kappa shape index (κ3) is 3.00. The van der Waals surface area contributed by atoms with E-state index < -0.39 is 6.10 Å². The molecular formula is C14H16ClFN2O2. The number of nitrogens with zero attached hydrogens (tertiary/aromatic N) is 2. The van der Waals surface area contributed by atoms with Gasteiger partial charge < -0.3 is 9.84 Å². The number of hydrogen-bond acceptors (Lipinski definition) is 3. The lowest BCUT2D eigenvalue weighted by Gasteiger charge is -2.15. The molecule has 0 saturated heterocycles. The highest BCUT2D eigenvalue weighted by molar-refractivity contribution is 6.31. The van der Waals surface area contributed by atoms with Gasteiger partial charge in [0.25, 0.3) is 0 Å². The number of aryl methyl sites for hydroxylation is 1.